The molecule has 2 heterocycles. The molecule has 0 bridgehead atoms. The minimum absolute atomic E-state index is 0.601. The zero-order chi connectivity index (χ0) is 11.8. The lowest BCUT2D eigenvalue weighted by Gasteiger charge is -2.14. The summed E-state index contributed by atoms with van der Waals surface area (Å²) in [5.74, 6) is 1.08. The Hall–Kier alpha value is -1.58. The van der Waals surface area contributed by atoms with Gasteiger partial charge in [-0.25, -0.2) is 4.98 Å². The number of anilines is 1. The smallest absolute Gasteiger partial charge is 0.157 e. The molecule has 1 N–H and O–H groups in total. The molecule has 1 fully saturated rings. The largest absolute Gasteiger partial charge is 0.367 e. The highest BCUT2D eigenvalue weighted by atomic mass is 15.3. The first kappa shape index (κ1) is 10.6. The van der Waals surface area contributed by atoms with E-state index in [9.17, 15) is 0 Å². The molecule has 17 heavy (non-hydrogen) atoms. The van der Waals surface area contributed by atoms with E-state index in [1.807, 2.05) is 24.4 Å². The molecule has 0 saturated heterocycles. The summed E-state index contributed by atoms with van der Waals surface area (Å²) in [5, 5.41) is 8.09. The van der Waals surface area contributed by atoms with Gasteiger partial charge in [-0.2, -0.15) is 9.61 Å². The summed E-state index contributed by atoms with van der Waals surface area (Å²) >= 11 is 0. The van der Waals surface area contributed by atoms with E-state index in [0.29, 0.717) is 6.04 Å². The summed E-state index contributed by atoms with van der Waals surface area (Å²) in [5.41, 5.74) is 2.98. The average molecular weight is 230 g/mol. The van der Waals surface area contributed by atoms with Crippen LogP contribution in [0.3, 0.4) is 0 Å². The highest BCUT2D eigenvalue weighted by Crippen LogP contribution is 2.23. The first-order valence-electron chi connectivity index (χ1n) is 6.33. The van der Waals surface area contributed by atoms with E-state index in [4.69, 9.17) is 0 Å². The number of nitrogens with zero attached hydrogens (tertiary/aromatic N) is 3. The van der Waals surface area contributed by atoms with Crippen molar-refractivity contribution in [3.63, 3.8) is 0 Å². The quantitative estimate of drug-likeness (QED) is 0.862. The van der Waals surface area contributed by atoms with Gasteiger partial charge in [0.2, 0.25) is 0 Å². The standard InChI is InChI=1S/C13H18N4/c1-9-7-13(15-11-5-3-4-6-11)17-12(14-9)8-10(2)16-17/h7-8,11,15H,3-6H2,1-2H3. The molecule has 0 amide bonds. The maximum absolute atomic E-state index is 4.49. The Bertz CT molecular complexity index is 538. The minimum Gasteiger partial charge on any atom is -0.367 e. The van der Waals surface area contributed by atoms with Gasteiger partial charge in [0.05, 0.1) is 5.69 Å². The van der Waals surface area contributed by atoms with Crippen LogP contribution in [0.1, 0.15) is 37.1 Å². The van der Waals surface area contributed by atoms with E-state index in [1.165, 1.54) is 25.7 Å². The van der Waals surface area contributed by atoms with Crippen LogP contribution in [0.4, 0.5) is 5.82 Å². The van der Waals surface area contributed by atoms with Crippen LogP contribution >= 0.6 is 0 Å². The van der Waals surface area contributed by atoms with Crippen molar-refractivity contribution in [2.24, 2.45) is 0 Å². The van der Waals surface area contributed by atoms with Crippen molar-refractivity contribution in [3.8, 4) is 0 Å². The summed E-state index contributed by atoms with van der Waals surface area (Å²) in [6.45, 7) is 4.03. The topological polar surface area (TPSA) is 42.2 Å². The number of aromatic nitrogens is 3. The predicted molar refractivity (Wildman–Crippen MR) is 68.3 cm³/mol. The Morgan fingerprint density at radius 2 is 1.94 bits per heavy atom. The monoisotopic (exact) mass is 230 g/mol. The third-order valence-corrected chi connectivity index (χ3v) is 3.38. The molecule has 90 valence electrons. The lowest BCUT2D eigenvalue weighted by molar-refractivity contribution is 0.738. The fourth-order valence-corrected chi connectivity index (χ4v) is 2.60. The molecule has 1 saturated carbocycles. The molecular formula is C13H18N4. The second kappa shape index (κ2) is 4.02. The molecular weight excluding hydrogens is 212 g/mol. The first-order chi connectivity index (χ1) is 8.22. The van der Waals surface area contributed by atoms with E-state index in [2.05, 4.69) is 21.5 Å². The van der Waals surface area contributed by atoms with Gasteiger partial charge >= 0.3 is 0 Å². The number of hydrogen-bond donors (Lipinski definition) is 1. The molecule has 2 aromatic heterocycles. The summed E-state index contributed by atoms with van der Waals surface area (Å²) in [6, 6.07) is 4.70. The molecule has 0 atom stereocenters. The average Bonchev–Trinajstić information content (AvgIpc) is 2.86. The fraction of sp³-hybridized carbons (Fsp3) is 0.538. The van der Waals surface area contributed by atoms with Crippen molar-refractivity contribution in [3.05, 3.63) is 23.5 Å². The molecule has 1 aliphatic carbocycles. The molecule has 2 aromatic rings. The van der Waals surface area contributed by atoms with E-state index < -0.39 is 0 Å². The number of aryl methyl sites for hydroxylation is 2. The zero-order valence-corrected chi connectivity index (χ0v) is 10.4. The first-order valence-corrected chi connectivity index (χ1v) is 6.33. The Balaban J connectivity index is 2.01. The molecule has 0 radical (unpaired) electrons. The number of hydrogen-bond acceptors (Lipinski definition) is 3. The third-order valence-electron chi connectivity index (χ3n) is 3.38. The van der Waals surface area contributed by atoms with Crippen molar-refractivity contribution in [1.82, 2.24) is 14.6 Å². The maximum Gasteiger partial charge on any atom is 0.157 e. The Labute approximate surface area is 101 Å². The van der Waals surface area contributed by atoms with Crippen LogP contribution in [0, 0.1) is 13.8 Å². The fourth-order valence-electron chi connectivity index (χ4n) is 2.60. The van der Waals surface area contributed by atoms with E-state index in [-0.39, 0.29) is 0 Å². The molecule has 1 aliphatic rings. The summed E-state index contributed by atoms with van der Waals surface area (Å²) < 4.78 is 1.92. The van der Waals surface area contributed by atoms with Crippen LogP contribution in [-0.4, -0.2) is 20.6 Å². The number of nitrogens with one attached hydrogen (secondary N) is 1. The van der Waals surface area contributed by atoms with Gasteiger partial charge in [-0.15, -0.1) is 0 Å². The zero-order valence-electron chi connectivity index (χ0n) is 10.4. The molecule has 4 heteroatoms. The van der Waals surface area contributed by atoms with Gasteiger partial charge in [0, 0.05) is 23.9 Å². The van der Waals surface area contributed by atoms with Gasteiger partial charge in [-0.3, -0.25) is 0 Å². The molecule has 0 unspecified atom stereocenters. The van der Waals surface area contributed by atoms with Gasteiger partial charge in [0.15, 0.2) is 5.65 Å². The van der Waals surface area contributed by atoms with Crippen molar-refractivity contribution in [2.75, 3.05) is 5.32 Å². The molecule has 0 spiro atoms. The molecule has 0 aromatic carbocycles. The number of fused-ring (bicyclic) bond motifs is 1. The Morgan fingerprint density at radius 3 is 2.71 bits per heavy atom. The second-order valence-corrected chi connectivity index (χ2v) is 4.96. The molecule has 4 nitrogen and oxygen atoms in total. The minimum atomic E-state index is 0.601. The van der Waals surface area contributed by atoms with Gasteiger partial charge in [0.25, 0.3) is 0 Å². The summed E-state index contributed by atoms with van der Waals surface area (Å²) in [4.78, 5) is 4.49. The van der Waals surface area contributed by atoms with Crippen LogP contribution < -0.4 is 5.32 Å². The van der Waals surface area contributed by atoms with Gasteiger partial charge in [-0.05, 0) is 26.7 Å². The number of rotatable bonds is 2. The van der Waals surface area contributed by atoms with Crippen LogP contribution in [0.25, 0.3) is 5.65 Å². The highest BCUT2D eigenvalue weighted by Gasteiger charge is 2.16. The van der Waals surface area contributed by atoms with E-state index >= 15 is 0 Å². The third kappa shape index (κ3) is 1.99. The summed E-state index contributed by atoms with van der Waals surface area (Å²) in [6.07, 6.45) is 5.21. The highest BCUT2D eigenvalue weighted by molar-refractivity contribution is 5.50. The lowest BCUT2D eigenvalue weighted by Crippen LogP contribution is -2.17. The van der Waals surface area contributed by atoms with Gasteiger partial charge in [-0.1, -0.05) is 12.8 Å². The van der Waals surface area contributed by atoms with Crippen molar-refractivity contribution < 1.29 is 0 Å². The van der Waals surface area contributed by atoms with Gasteiger partial charge < -0.3 is 5.32 Å². The lowest BCUT2D eigenvalue weighted by atomic mass is 10.2. The predicted octanol–water partition coefficient (Wildman–Crippen LogP) is 2.70. The van der Waals surface area contributed by atoms with Crippen LogP contribution in [0.5, 0.6) is 0 Å². The summed E-state index contributed by atoms with van der Waals surface area (Å²) in [7, 11) is 0. The van der Waals surface area contributed by atoms with Gasteiger partial charge in [0.1, 0.15) is 5.82 Å². The Kier molecular flexibility index (Phi) is 2.50. The van der Waals surface area contributed by atoms with Crippen LogP contribution in [0.2, 0.25) is 0 Å². The van der Waals surface area contributed by atoms with E-state index in [0.717, 1.165) is 22.9 Å². The van der Waals surface area contributed by atoms with Crippen molar-refractivity contribution in [2.45, 2.75) is 45.6 Å². The Morgan fingerprint density at radius 1 is 1.18 bits per heavy atom. The normalized spacial score (nSPS) is 16.8. The van der Waals surface area contributed by atoms with Crippen molar-refractivity contribution >= 4 is 11.5 Å². The van der Waals surface area contributed by atoms with Crippen LogP contribution in [-0.2, 0) is 0 Å². The SMILES string of the molecule is Cc1cc(NC2CCCC2)n2nc(C)cc2n1. The van der Waals surface area contributed by atoms with Crippen LogP contribution in [0.15, 0.2) is 12.1 Å². The molecule has 3 rings (SSSR count). The second-order valence-electron chi connectivity index (χ2n) is 4.96. The molecule has 0 aliphatic heterocycles. The van der Waals surface area contributed by atoms with Crippen molar-refractivity contribution in [1.29, 1.82) is 0 Å². The van der Waals surface area contributed by atoms with E-state index in [1.54, 1.807) is 0 Å². The maximum atomic E-state index is 4.49.